The standard InChI is InChI=1S/C12H16Cl2N2O/c1-6(2)9-10(13)15-12(16-11(9)14)8-5-4-7(3)17-8/h6-8H,4-5H2,1-3H3. The summed E-state index contributed by atoms with van der Waals surface area (Å²) in [7, 11) is 0. The maximum Gasteiger partial charge on any atom is 0.160 e. The number of halogens is 2. The first-order valence-corrected chi connectivity index (χ1v) is 6.63. The monoisotopic (exact) mass is 274 g/mol. The van der Waals surface area contributed by atoms with Crippen LogP contribution in [0.1, 0.15) is 57.0 Å². The van der Waals surface area contributed by atoms with E-state index >= 15 is 0 Å². The molecular weight excluding hydrogens is 259 g/mol. The zero-order chi connectivity index (χ0) is 12.6. The second-order valence-electron chi connectivity index (χ2n) is 4.74. The predicted molar refractivity (Wildman–Crippen MR) is 68.7 cm³/mol. The van der Waals surface area contributed by atoms with Gasteiger partial charge in [-0.3, -0.25) is 0 Å². The van der Waals surface area contributed by atoms with Crippen LogP contribution < -0.4 is 0 Å². The molecule has 2 rings (SSSR count). The van der Waals surface area contributed by atoms with E-state index in [2.05, 4.69) is 9.97 Å². The van der Waals surface area contributed by atoms with Crippen molar-refractivity contribution in [2.24, 2.45) is 0 Å². The molecule has 1 aromatic rings. The number of rotatable bonds is 2. The lowest BCUT2D eigenvalue weighted by molar-refractivity contribution is 0.0502. The van der Waals surface area contributed by atoms with Crippen LogP contribution in [0.25, 0.3) is 0 Å². The van der Waals surface area contributed by atoms with Gasteiger partial charge in [0.15, 0.2) is 5.82 Å². The highest BCUT2D eigenvalue weighted by Crippen LogP contribution is 2.34. The van der Waals surface area contributed by atoms with E-state index in [0.29, 0.717) is 16.1 Å². The first-order valence-electron chi connectivity index (χ1n) is 5.87. The van der Waals surface area contributed by atoms with Crippen molar-refractivity contribution in [3.8, 4) is 0 Å². The highest BCUT2D eigenvalue weighted by molar-refractivity contribution is 6.34. The summed E-state index contributed by atoms with van der Waals surface area (Å²) in [5, 5.41) is 0.885. The Morgan fingerprint density at radius 3 is 2.18 bits per heavy atom. The van der Waals surface area contributed by atoms with Crippen LogP contribution in [0.3, 0.4) is 0 Å². The van der Waals surface area contributed by atoms with Gasteiger partial charge in [0.05, 0.1) is 6.10 Å². The van der Waals surface area contributed by atoms with Crippen LogP contribution in [-0.4, -0.2) is 16.1 Å². The molecule has 0 spiro atoms. The third-order valence-corrected chi connectivity index (χ3v) is 3.54. The quantitative estimate of drug-likeness (QED) is 0.760. The minimum atomic E-state index is -0.0683. The largest absolute Gasteiger partial charge is 0.367 e. The summed E-state index contributed by atoms with van der Waals surface area (Å²) in [6, 6.07) is 0. The van der Waals surface area contributed by atoms with Gasteiger partial charge in [-0.25, -0.2) is 9.97 Å². The molecule has 3 nitrogen and oxygen atoms in total. The second kappa shape index (κ2) is 5.09. The molecule has 1 aliphatic heterocycles. The normalized spacial score (nSPS) is 24.6. The molecule has 1 aromatic heterocycles. The van der Waals surface area contributed by atoms with Gasteiger partial charge in [0.25, 0.3) is 0 Å². The van der Waals surface area contributed by atoms with E-state index < -0.39 is 0 Å². The second-order valence-corrected chi connectivity index (χ2v) is 5.46. The zero-order valence-electron chi connectivity index (χ0n) is 10.2. The Labute approximate surface area is 112 Å². The number of hydrogen-bond acceptors (Lipinski definition) is 3. The maximum absolute atomic E-state index is 6.15. The minimum absolute atomic E-state index is 0.0683. The maximum atomic E-state index is 6.15. The molecule has 94 valence electrons. The third kappa shape index (κ3) is 2.72. The summed E-state index contributed by atoms with van der Waals surface area (Å²) in [6.45, 7) is 6.08. The first kappa shape index (κ1) is 13.1. The van der Waals surface area contributed by atoms with Gasteiger partial charge in [0.2, 0.25) is 0 Å². The Bertz CT molecular complexity index is 400. The molecule has 2 atom stereocenters. The van der Waals surface area contributed by atoms with E-state index in [4.69, 9.17) is 27.9 Å². The predicted octanol–water partition coefficient (Wildman–Crippen LogP) is 4.15. The van der Waals surface area contributed by atoms with Crippen molar-refractivity contribution in [3.05, 3.63) is 21.7 Å². The summed E-state index contributed by atoms with van der Waals surface area (Å²) < 4.78 is 5.72. The molecule has 2 unspecified atom stereocenters. The molecular formula is C12H16Cl2N2O. The van der Waals surface area contributed by atoms with Crippen molar-refractivity contribution in [3.63, 3.8) is 0 Å². The molecule has 1 saturated heterocycles. The molecule has 5 heteroatoms. The van der Waals surface area contributed by atoms with Gasteiger partial charge in [0.1, 0.15) is 16.4 Å². The SMILES string of the molecule is CC1CCC(c2nc(Cl)c(C(C)C)c(Cl)n2)O1. The molecule has 1 aliphatic rings. The Morgan fingerprint density at radius 2 is 1.76 bits per heavy atom. The van der Waals surface area contributed by atoms with E-state index in [1.165, 1.54) is 0 Å². The molecule has 0 bridgehead atoms. The van der Waals surface area contributed by atoms with Crippen molar-refractivity contribution in [1.82, 2.24) is 9.97 Å². The lowest BCUT2D eigenvalue weighted by Crippen LogP contribution is -2.08. The molecule has 1 fully saturated rings. The van der Waals surface area contributed by atoms with Crippen LogP contribution in [-0.2, 0) is 4.74 Å². The average Bonchev–Trinajstić information content (AvgIpc) is 2.63. The van der Waals surface area contributed by atoms with Gasteiger partial charge < -0.3 is 4.74 Å². The molecule has 2 heterocycles. The number of ether oxygens (including phenoxy) is 1. The van der Waals surface area contributed by atoms with E-state index in [9.17, 15) is 0 Å². The summed E-state index contributed by atoms with van der Waals surface area (Å²) in [5.41, 5.74) is 0.808. The Hall–Kier alpha value is -0.380. The summed E-state index contributed by atoms with van der Waals surface area (Å²) >= 11 is 12.3. The van der Waals surface area contributed by atoms with Crippen LogP contribution in [0, 0.1) is 0 Å². The molecule has 0 saturated carbocycles. The van der Waals surface area contributed by atoms with Gasteiger partial charge in [-0.2, -0.15) is 0 Å². The minimum Gasteiger partial charge on any atom is -0.367 e. The highest BCUT2D eigenvalue weighted by Gasteiger charge is 2.27. The summed E-state index contributed by atoms with van der Waals surface area (Å²) in [6.07, 6.45) is 2.14. The summed E-state index contributed by atoms with van der Waals surface area (Å²) in [4.78, 5) is 8.63. The number of hydrogen-bond donors (Lipinski definition) is 0. The van der Waals surface area contributed by atoms with Crippen LogP contribution >= 0.6 is 23.2 Å². The van der Waals surface area contributed by atoms with Crippen molar-refractivity contribution in [2.75, 3.05) is 0 Å². The molecule has 17 heavy (non-hydrogen) atoms. The first-order chi connectivity index (χ1) is 7.99. The van der Waals surface area contributed by atoms with Gasteiger partial charge in [-0.15, -0.1) is 0 Å². The lowest BCUT2D eigenvalue weighted by Gasteiger charge is -2.14. The van der Waals surface area contributed by atoms with Crippen molar-refractivity contribution in [1.29, 1.82) is 0 Å². The van der Waals surface area contributed by atoms with E-state index in [1.54, 1.807) is 0 Å². The van der Waals surface area contributed by atoms with Crippen LogP contribution in [0.15, 0.2) is 0 Å². The fraction of sp³-hybridized carbons (Fsp3) is 0.667. The molecule has 0 N–H and O–H groups in total. The van der Waals surface area contributed by atoms with Crippen LogP contribution in [0.5, 0.6) is 0 Å². The van der Waals surface area contributed by atoms with E-state index in [0.717, 1.165) is 18.4 Å². The Balaban J connectivity index is 2.32. The van der Waals surface area contributed by atoms with Gasteiger partial charge in [-0.1, -0.05) is 37.0 Å². The van der Waals surface area contributed by atoms with Gasteiger partial charge >= 0.3 is 0 Å². The number of aromatic nitrogens is 2. The van der Waals surface area contributed by atoms with E-state index in [1.807, 2.05) is 20.8 Å². The molecule has 0 aromatic carbocycles. The van der Waals surface area contributed by atoms with Crippen molar-refractivity contribution < 1.29 is 4.74 Å². The highest BCUT2D eigenvalue weighted by atomic mass is 35.5. The van der Waals surface area contributed by atoms with Gasteiger partial charge in [-0.05, 0) is 25.7 Å². The fourth-order valence-corrected chi connectivity index (χ4v) is 2.88. The molecule has 0 radical (unpaired) electrons. The average molecular weight is 275 g/mol. The molecule has 0 amide bonds. The lowest BCUT2D eigenvalue weighted by atomic mass is 10.1. The van der Waals surface area contributed by atoms with Crippen molar-refractivity contribution >= 4 is 23.2 Å². The van der Waals surface area contributed by atoms with Gasteiger partial charge in [0, 0.05) is 5.56 Å². The zero-order valence-corrected chi connectivity index (χ0v) is 11.7. The Kier molecular flexibility index (Phi) is 3.91. The third-order valence-electron chi connectivity index (χ3n) is 2.97. The Morgan fingerprint density at radius 1 is 1.18 bits per heavy atom. The number of nitrogens with zero attached hydrogens (tertiary/aromatic N) is 2. The topological polar surface area (TPSA) is 35.0 Å². The fourth-order valence-electron chi connectivity index (χ4n) is 2.04. The molecule has 0 aliphatic carbocycles. The van der Waals surface area contributed by atoms with Crippen LogP contribution in [0.2, 0.25) is 10.3 Å². The van der Waals surface area contributed by atoms with E-state index in [-0.39, 0.29) is 18.1 Å². The summed E-state index contributed by atoms with van der Waals surface area (Å²) in [5.74, 6) is 0.821. The smallest absolute Gasteiger partial charge is 0.160 e. The van der Waals surface area contributed by atoms with Crippen LogP contribution in [0.4, 0.5) is 0 Å². The van der Waals surface area contributed by atoms with Crippen molar-refractivity contribution in [2.45, 2.75) is 51.7 Å².